The van der Waals surface area contributed by atoms with Gasteiger partial charge in [-0.3, -0.25) is 15.1 Å². The molecule has 1 aliphatic rings. The number of hydrogen-bond acceptors (Lipinski definition) is 5. The monoisotopic (exact) mass is 267 g/mol. The van der Waals surface area contributed by atoms with Gasteiger partial charge in [0.2, 0.25) is 0 Å². The number of furan rings is 1. The van der Waals surface area contributed by atoms with E-state index in [1.807, 2.05) is 13.0 Å². The summed E-state index contributed by atoms with van der Waals surface area (Å²) >= 11 is 0. The van der Waals surface area contributed by atoms with E-state index in [1.54, 1.807) is 0 Å². The maximum atomic E-state index is 11.5. The highest BCUT2D eigenvalue weighted by Crippen LogP contribution is 2.27. The summed E-state index contributed by atoms with van der Waals surface area (Å²) in [5, 5.41) is 9.12. The summed E-state index contributed by atoms with van der Waals surface area (Å²) in [5.41, 5.74) is 2.85. The van der Waals surface area contributed by atoms with Crippen molar-refractivity contribution < 1.29 is 14.3 Å². The highest BCUT2D eigenvalue weighted by molar-refractivity contribution is 5.92. The molecule has 6 nitrogen and oxygen atoms in total. The van der Waals surface area contributed by atoms with E-state index in [-0.39, 0.29) is 12.4 Å². The van der Waals surface area contributed by atoms with Crippen molar-refractivity contribution in [3.05, 3.63) is 23.2 Å². The van der Waals surface area contributed by atoms with E-state index in [2.05, 4.69) is 10.3 Å². The summed E-state index contributed by atoms with van der Waals surface area (Å²) in [6.07, 6.45) is 3.57. The molecule has 0 aliphatic heterocycles. The molecule has 1 aromatic heterocycles. The van der Waals surface area contributed by atoms with Crippen LogP contribution in [0.4, 0.5) is 0 Å². The Morgan fingerprint density at radius 3 is 2.89 bits per heavy atom. The first kappa shape index (κ1) is 14.0. The van der Waals surface area contributed by atoms with Crippen LogP contribution in [0.1, 0.15) is 41.1 Å². The number of aliphatic hydroxyl groups is 1. The number of hydrazine groups is 1. The van der Waals surface area contributed by atoms with E-state index in [0.717, 1.165) is 24.2 Å². The van der Waals surface area contributed by atoms with Crippen LogP contribution in [0, 0.1) is 6.92 Å². The summed E-state index contributed by atoms with van der Waals surface area (Å²) < 4.78 is 5.55. The van der Waals surface area contributed by atoms with Crippen molar-refractivity contribution in [2.45, 2.75) is 38.8 Å². The molecule has 0 bridgehead atoms. The quantitative estimate of drug-likeness (QED) is 0.397. The van der Waals surface area contributed by atoms with Crippen LogP contribution in [0.3, 0.4) is 0 Å². The van der Waals surface area contributed by atoms with Crippen molar-refractivity contribution >= 4 is 5.91 Å². The van der Waals surface area contributed by atoms with Crippen molar-refractivity contribution in [1.29, 1.82) is 0 Å². The Morgan fingerprint density at radius 2 is 2.37 bits per heavy atom. The number of nitrogens with one attached hydrogen (secondary N) is 1. The van der Waals surface area contributed by atoms with Gasteiger partial charge in [0.25, 0.3) is 0 Å². The summed E-state index contributed by atoms with van der Waals surface area (Å²) in [5.74, 6) is 5.68. The maximum absolute atomic E-state index is 11.5. The molecule has 0 radical (unpaired) electrons. The van der Waals surface area contributed by atoms with Gasteiger partial charge >= 0.3 is 5.91 Å². The molecule has 1 fully saturated rings. The zero-order valence-corrected chi connectivity index (χ0v) is 11.2. The predicted octanol–water partition coefficient (Wildman–Crippen LogP) is 0.538. The second-order valence-electron chi connectivity index (χ2n) is 4.98. The summed E-state index contributed by atoms with van der Waals surface area (Å²) in [7, 11) is 0. The number of aliphatic hydroxyl groups excluding tert-OH is 1. The van der Waals surface area contributed by atoms with Crippen LogP contribution in [-0.4, -0.2) is 35.1 Å². The minimum absolute atomic E-state index is 0.131. The number of rotatable bonds is 6. The Hall–Kier alpha value is -1.37. The molecule has 6 heteroatoms. The molecule has 1 heterocycles. The average molecular weight is 267 g/mol. The Kier molecular flexibility index (Phi) is 4.57. The SMILES string of the molecule is Cc1cc(CN(CCO)C2CCC2)oc1C(=O)NN. The van der Waals surface area contributed by atoms with E-state index in [4.69, 9.17) is 15.4 Å². The first-order chi connectivity index (χ1) is 9.15. The average Bonchev–Trinajstić information content (AvgIpc) is 2.67. The fourth-order valence-corrected chi connectivity index (χ4v) is 2.39. The first-order valence-electron chi connectivity index (χ1n) is 6.61. The van der Waals surface area contributed by atoms with Gasteiger partial charge in [0.05, 0.1) is 13.2 Å². The Balaban J connectivity index is 2.06. The van der Waals surface area contributed by atoms with Crippen LogP contribution < -0.4 is 11.3 Å². The lowest BCUT2D eigenvalue weighted by Gasteiger charge is -2.36. The zero-order chi connectivity index (χ0) is 13.8. The lowest BCUT2D eigenvalue weighted by molar-refractivity contribution is 0.0843. The van der Waals surface area contributed by atoms with Gasteiger partial charge in [-0.25, -0.2) is 5.84 Å². The fourth-order valence-electron chi connectivity index (χ4n) is 2.39. The summed E-state index contributed by atoms with van der Waals surface area (Å²) in [4.78, 5) is 13.7. The van der Waals surface area contributed by atoms with E-state index >= 15 is 0 Å². The van der Waals surface area contributed by atoms with Gasteiger partial charge < -0.3 is 9.52 Å². The van der Waals surface area contributed by atoms with E-state index in [1.165, 1.54) is 6.42 Å². The third-order valence-corrected chi connectivity index (χ3v) is 3.64. The normalized spacial score (nSPS) is 15.6. The maximum Gasteiger partial charge on any atom is 0.301 e. The van der Waals surface area contributed by atoms with Gasteiger partial charge in [-0.15, -0.1) is 0 Å². The first-order valence-corrected chi connectivity index (χ1v) is 6.61. The lowest BCUT2D eigenvalue weighted by Crippen LogP contribution is -2.41. The van der Waals surface area contributed by atoms with Crippen molar-refractivity contribution in [3.63, 3.8) is 0 Å². The van der Waals surface area contributed by atoms with Crippen molar-refractivity contribution in [2.75, 3.05) is 13.2 Å². The number of aryl methyl sites for hydroxylation is 1. The number of nitrogens with two attached hydrogens (primary N) is 1. The number of carbonyl (C=O) groups excluding carboxylic acids is 1. The van der Waals surface area contributed by atoms with Crippen molar-refractivity contribution in [1.82, 2.24) is 10.3 Å². The Bertz CT molecular complexity index is 440. The molecular formula is C13H21N3O3. The molecule has 0 aromatic carbocycles. The number of amides is 1. The van der Waals surface area contributed by atoms with Gasteiger partial charge in [-0.05, 0) is 25.8 Å². The Morgan fingerprint density at radius 1 is 1.63 bits per heavy atom. The van der Waals surface area contributed by atoms with Crippen LogP contribution in [0.15, 0.2) is 10.5 Å². The summed E-state index contributed by atoms with van der Waals surface area (Å²) in [6, 6.07) is 2.37. The predicted molar refractivity (Wildman–Crippen MR) is 70.2 cm³/mol. The molecule has 2 rings (SSSR count). The van der Waals surface area contributed by atoms with E-state index in [0.29, 0.717) is 19.1 Å². The molecule has 1 aromatic rings. The molecule has 0 atom stereocenters. The molecule has 4 N–H and O–H groups in total. The number of carbonyl (C=O) groups is 1. The third kappa shape index (κ3) is 3.15. The van der Waals surface area contributed by atoms with Gasteiger partial charge in [0, 0.05) is 18.2 Å². The standard InChI is InChI=1S/C13H21N3O3/c1-9-7-11(19-12(9)13(18)15-14)8-16(5-6-17)10-3-2-4-10/h7,10,17H,2-6,8,14H2,1H3,(H,15,18). The topological polar surface area (TPSA) is 91.7 Å². The molecule has 1 saturated carbocycles. The highest BCUT2D eigenvalue weighted by atomic mass is 16.4. The molecule has 19 heavy (non-hydrogen) atoms. The van der Waals surface area contributed by atoms with Crippen LogP contribution in [-0.2, 0) is 6.54 Å². The van der Waals surface area contributed by atoms with Crippen LogP contribution in [0.25, 0.3) is 0 Å². The smallest absolute Gasteiger partial charge is 0.301 e. The zero-order valence-electron chi connectivity index (χ0n) is 11.2. The number of hydrogen-bond donors (Lipinski definition) is 3. The highest BCUT2D eigenvalue weighted by Gasteiger charge is 2.26. The minimum Gasteiger partial charge on any atom is -0.454 e. The second kappa shape index (κ2) is 6.18. The minimum atomic E-state index is -0.416. The van der Waals surface area contributed by atoms with Gasteiger partial charge in [0.15, 0.2) is 5.76 Å². The molecule has 0 spiro atoms. The van der Waals surface area contributed by atoms with E-state index < -0.39 is 5.91 Å². The number of nitrogens with zero attached hydrogens (tertiary/aromatic N) is 1. The van der Waals surface area contributed by atoms with E-state index in [9.17, 15) is 4.79 Å². The van der Waals surface area contributed by atoms with Gasteiger partial charge in [-0.2, -0.15) is 0 Å². The fraction of sp³-hybridized carbons (Fsp3) is 0.615. The second-order valence-corrected chi connectivity index (χ2v) is 4.98. The third-order valence-electron chi connectivity index (χ3n) is 3.64. The molecule has 1 amide bonds. The lowest BCUT2D eigenvalue weighted by atomic mass is 9.91. The molecule has 106 valence electrons. The van der Waals surface area contributed by atoms with Gasteiger partial charge in [-0.1, -0.05) is 6.42 Å². The van der Waals surface area contributed by atoms with Crippen LogP contribution >= 0.6 is 0 Å². The largest absolute Gasteiger partial charge is 0.454 e. The molecular weight excluding hydrogens is 246 g/mol. The van der Waals surface area contributed by atoms with Crippen LogP contribution in [0.2, 0.25) is 0 Å². The molecule has 0 saturated heterocycles. The molecule has 1 aliphatic carbocycles. The van der Waals surface area contributed by atoms with Crippen molar-refractivity contribution in [3.8, 4) is 0 Å². The van der Waals surface area contributed by atoms with Crippen LogP contribution in [0.5, 0.6) is 0 Å². The van der Waals surface area contributed by atoms with Gasteiger partial charge in [0.1, 0.15) is 5.76 Å². The summed E-state index contributed by atoms with van der Waals surface area (Å²) in [6.45, 7) is 3.19. The number of nitrogen functional groups attached to an aromatic ring is 1. The Labute approximate surface area is 112 Å². The van der Waals surface area contributed by atoms with Crippen molar-refractivity contribution in [2.24, 2.45) is 5.84 Å². The molecule has 0 unspecified atom stereocenters.